The Morgan fingerprint density at radius 2 is 2.00 bits per heavy atom. The number of fused-ring (bicyclic) bond motifs is 1. The third-order valence-electron chi connectivity index (χ3n) is 2.58. The number of terminal acetylenes is 1. The lowest BCUT2D eigenvalue weighted by Gasteiger charge is -2.16. The Kier molecular flexibility index (Phi) is 2.06. The van der Waals surface area contributed by atoms with Gasteiger partial charge in [-0.3, -0.25) is 0 Å². The van der Waals surface area contributed by atoms with Crippen molar-refractivity contribution in [1.82, 2.24) is 0 Å². The van der Waals surface area contributed by atoms with Gasteiger partial charge in [-0.15, -0.1) is 6.42 Å². The summed E-state index contributed by atoms with van der Waals surface area (Å²) in [4.78, 5) is 0. The molecule has 1 aliphatic rings. The van der Waals surface area contributed by atoms with Crippen molar-refractivity contribution in [3.8, 4) is 12.3 Å². The van der Waals surface area contributed by atoms with Crippen LogP contribution in [0.3, 0.4) is 0 Å². The van der Waals surface area contributed by atoms with E-state index in [4.69, 9.17) is 6.42 Å². The molecule has 0 heterocycles. The number of hydrogen-bond acceptors (Lipinski definition) is 0. The summed E-state index contributed by atoms with van der Waals surface area (Å²) in [5, 5.41) is 0. The molecule has 1 heteroatoms. The fourth-order valence-electron chi connectivity index (χ4n) is 1.90. The topological polar surface area (TPSA) is 0 Å². The minimum Gasteiger partial charge on any atom is -0.207 e. The van der Waals surface area contributed by atoms with Crippen LogP contribution in [0, 0.1) is 18.2 Å². The second kappa shape index (κ2) is 3.22. The largest absolute Gasteiger partial charge is 0.207 e. The first-order chi connectivity index (χ1) is 6.31. The van der Waals surface area contributed by atoms with Crippen LogP contribution >= 0.6 is 0 Å². The second-order valence-corrected chi connectivity index (χ2v) is 3.45. The maximum atomic E-state index is 13.4. The molecule has 0 amide bonds. The molecule has 1 aromatic rings. The van der Waals surface area contributed by atoms with E-state index in [9.17, 15) is 4.39 Å². The Morgan fingerprint density at radius 3 is 2.77 bits per heavy atom. The highest BCUT2D eigenvalue weighted by Crippen LogP contribution is 2.24. The zero-order chi connectivity index (χ0) is 9.26. The lowest BCUT2D eigenvalue weighted by atomic mass is 9.90. The molecule has 0 bridgehead atoms. The SMILES string of the molecule is C#Cc1cc(F)c2c(c1)CCCC2. The van der Waals surface area contributed by atoms with E-state index in [0.717, 1.165) is 36.8 Å². The van der Waals surface area contributed by atoms with Crippen molar-refractivity contribution in [2.24, 2.45) is 0 Å². The summed E-state index contributed by atoms with van der Waals surface area (Å²) in [6, 6.07) is 3.40. The molecule has 0 saturated carbocycles. The Labute approximate surface area is 77.8 Å². The molecule has 1 aromatic carbocycles. The Morgan fingerprint density at radius 1 is 1.23 bits per heavy atom. The number of rotatable bonds is 0. The highest BCUT2D eigenvalue weighted by Gasteiger charge is 2.13. The molecule has 0 fully saturated rings. The van der Waals surface area contributed by atoms with Gasteiger partial charge in [-0.2, -0.15) is 0 Å². The number of benzene rings is 1. The molecule has 0 unspecified atom stereocenters. The van der Waals surface area contributed by atoms with Crippen molar-refractivity contribution >= 4 is 0 Å². The molecule has 66 valence electrons. The van der Waals surface area contributed by atoms with E-state index in [2.05, 4.69) is 5.92 Å². The standard InChI is InChI=1S/C12H11F/c1-2-9-7-10-5-3-4-6-11(10)12(13)8-9/h1,7-8H,3-6H2. The molecule has 0 radical (unpaired) electrons. The van der Waals surface area contributed by atoms with Gasteiger partial charge in [0.1, 0.15) is 5.82 Å². The average Bonchev–Trinajstić information content (AvgIpc) is 2.18. The van der Waals surface area contributed by atoms with Gasteiger partial charge < -0.3 is 0 Å². The minimum atomic E-state index is -0.120. The van der Waals surface area contributed by atoms with Crippen molar-refractivity contribution < 1.29 is 4.39 Å². The third-order valence-corrected chi connectivity index (χ3v) is 2.58. The Bertz CT molecular complexity index is 371. The summed E-state index contributed by atoms with van der Waals surface area (Å²) in [5.74, 6) is 2.36. The first-order valence-electron chi connectivity index (χ1n) is 4.59. The maximum absolute atomic E-state index is 13.4. The molecular weight excluding hydrogens is 163 g/mol. The quantitative estimate of drug-likeness (QED) is 0.530. The van der Waals surface area contributed by atoms with Crippen LogP contribution in [-0.2, 0) is 12.8 Å². The monoisotopic (exact) mass is 174 g/mol. The van der Waals surface area contributed by atoms with Crippen LogP contribution < -0.4 is 0 Å². The lowest BCUT2D eigenvalue weighted by molar-refractivity contribution is 0.578. The van der Waals surface area contributed by atoms with Gasteiger partial charge in [-0.25, -0.2) is 4.39 Å². The van der Waals surface area contributed by atoms with E-state index in [-0.39, 0.29) is 5.82 Å². The molecule has 1 aliphatic carbocycles. The Hall–Kier alpha value is -1.29. The van der Waals surface area contributed by atoms with Crippen molar-refractivity contribution in [1.29, 1.82) is 0 Å². The number of aryl methyl sites for hydroxylation is 1. The van der Waals surface area contributed by atoms with E-state index in [1.54, 1.807) is 0 Å². The van der Waals surface area contributed by atoms with E-state index in [1.807, 2.05) is 6.07 Å². The molecule has 0 nitrogen and oxygen atoms in total. The normalized spacial score (nSPS) is 14.8. The van der Waals surface area contributed by atoms with Gasteiger partial charge in [-0.1, -0.05) is 5.92 Å². The fourth-order valence-corrected chi connectivity index (χ4v) is 1.90. The van der Waals surface area contributed by atoms with Crippen LogP contribution in [0.5, 0.6) is 0 Å². The molecule has 2 rings (SSSR count). The smallest absolute Gasteiger partial charge is 0.127 e. The van der Waals surface area contributed by atoms with E-state index in [0.29, 0.717) is 5.56 Å². The number of halogens is 1. The Balaban J connectivity index is 2.54. The second-order valence-electron chi connectivity index (χ2n) is 3.45. The third kappa shape index (κ3) is 1.45. The summed E-state index contributed by atoms with van der Waals surface area (Å²) >= 11 is 0. The molecule has 0 spiro atoms. The molecule has 0 aromatic heterocycles. The zero-order valence-corrected chi connectivity index (χ0v) is 7.44. The molecular formula is C12H11F. The zero-order valence-electron chi connectivity index (χ0n) is 7.44. The van der Waals surface area contributed by atoms with Crippen LogP contribution in [0.1, 0.15) is 29.5 Å². The summed E-state index contributed by atoms with van der Waals surface area (Å²) < 4.78 is 13.4. The van der Waals surface area contributed by atoms with Crippen molar-refractivity contribution in [3.05, 3.63) is 34.6 Å². The van der Waals surface area contributed by atoms with Gasteiger partial charge in [0.15, 0.2) is 0 Å². The van der Waals surface area contributed by atoms with Gasteiger partial charge in [0.25, 0.3) is 0 Å². The summed E-state index contributed by atoms with van der Waals surface area (Å²) in [6.07, 6.45) is 9.33. The van der Waals surface area contributed by atoms with E-state index >= 15 is 0 Å². The van der Waals surface area contributed by atoms with E-state index in [1.165, 1.54) is 6.07 Å². The van der Waals surface area contributed by atoms with Crippen LogP contribution in [0.2, 0.25) is 0 Å². The first-order valence-corrected chi connectivity index (χ1v) is 4.59. The van der Waals surface area contributed by atoms with Gasteiger partial charge in [0, 0.05) is 5.56 Å². The van der Waals surface area contributed by atoms with Crippen LogP contribution in [0.4, 0.5) is 4.39 Å². The molecule has 0 saturated heterocycles. The van der Waals surface area contributed by atoms with Crippen molar-refractivity contribution in [2.45, 2.75) is 25.7 Å². The predicted molar refractivity (Wildman–Crippen MR) is 51.0 cm³/mol. The summed E-state index contributed by atoms with van der Waals surface area (Å²) in [6.45, 7) is 0. The lowest BCUT2D eigenvalue weighted by Crippen LogP contribution is -2.05. The van der Waals surface area contributed by atoms with Crippen LogP contribution in [0.15, 0.2) is 12.1 Å². The van der Waals surface area contributed by atoms with Gasteiger partial charge >= 0.3 is 0 Å². The van der Waals surface area contributed by atoms with Gasteiger partial charge in [0.05, 0.1) is 0 Å². The summed E-state index contributed by atoms with van der Waals surface area (Å²) in [5.41, 5.74) is 2.66. The van der Waals surface area contributed by atoms with Crippen molar-refractivity contribution in [2.75, 3.05) is 0 Å². The molecule has 0 aliphatic heterocycles. The summed E-state index contributed by atoms with van der Waals surface area (Å²) in [7, 11) is 0. The maximum Gasteiger partial charge on any atom is 0.127 e. The van der Waals surface area contributed by atoms with Crippen LogP contribution in [-0.4, -0.2) is 0 Å². The minimum absolute atomic E-state index is 0.120. The average molecular weight is 174 g/mol. The molecule has 13 heavy (non-hydrogen) atoms. The highest BCUT2D eigenvalue weighted by atomic mass is 19.1. The fraction of sp³-hybridized carbons (Fsp3) is 0.333. The first kappa shape index (κ1) is 8.31. The van der Waals surface area contributed by atoms with Gasteiger partial charge in [0.2, 0.25) is 0 Å². The van der Waals surface area contributed by atoms with E-state index < -0.39 is 0 Å². The van der Waals surface area contributed by atoms with Gasteiger partial charge in [-0.05, 0) is 48.9 Å². The van der Waals surface area contributed by atoms with Crippen molar-refractivity contribution in [3.63, 3.8) is 0 Å². The van der Waals surface area contributed by atoms with Crippen LogP contribution in [0.25, 0.3) is 0 Å². The molecule has 0 atom stereocenters. The highest BCUT2D eigenvalue weighted by molar-refractivity contribution is 5.41. The molecule has 0 N–H and O–H groups in total. The predicted octanol–water partition coefficient (Wildman–Crippen LogP) is 2.69. The number of hydrogen-bond donors (Lipinski definition) is 0.